The number of carbonyl (C=O) groups excluding carboxylic acids is 1. The number of piperazine rings is 1. The van der Waals surface area contributed by atoms with Crippen molar-refractivity contribution in [2.75, 3.05) is 45.3 Å². The molecular weight excluding hydrogens is 412 g/mol. The first-order chi connectivity index (χ1) is 15.5. The molecular formula is C23H26N4O5. The summed E-state index contributed by atoms with van der Waals surface area (Å²) >= 11 is 0. The van der Waals surface area contributed by atoms with Crippen molar-refractivity contribution >= 4 is 22.5 Å². The molecule has 9 heteroatoms. The highest BCUT2D eigenvalue weighted by molar-refractivity contribution is 5.81. The smallest absolute Gasteiger partial charge is 0.328 e. The maximum absolute atomic E-state index is 12.9. The zero-order valence-electron chi connectivity index (χ0n) is 18.2. The van der Waals surface area contributed by atoms with Crippen LogP contribution in [0.25, 0.3) is 10.9 Å². The maximum Gasteiger partial charge on any atom is 0.328 e. The van der Waals surface area contributed by atoms with E-state index < -0.39 is 11.2 Å². The molecule has 0 radical (unpaired) electrons. The van der Waals surface area contributed by atoms with E-state index in [4.69, 9.17) is 9.47 Å². The summed E-state index contributed by atoms with van der Waals surface area (Å²) in [6.07, 6.45) is 0.0765. The van der Waals surface area contributed by atoms with Crippen LogP contribution in [0.5, 0.6) is 11.5 Å². The van der Waals surface area contributed by atoms with Crippen LogP contribution in [0.3, 0.4) is 0 Å². The summed E-state index contributed by atoms with van der Waals surface area (Å²) in [4.78, 5) is 44.9. The van der Waals surface area contributed by atoms with Crippen molar-refractivity contribution in [1.29, 1.82) is 0 Å². The average molecular weight is 438 g/mol. The van der Waals surface area contributed by atoms with Crippen LogP contribution >= 0.6 is 0 Å². The van der Waals surface area contributed by atoms with Gasteiger partial charge in [-0.15, -0.1) is 0 Å². The van der Waals surface area contributed by atoms with Crippen molar-refractivity contribution in [2.24, 2.45) is 0 Å². The minimum atomic E-state index is -0.559. The predicted molar refractivity (Wildman–Crippen MR) is 122 cm³/mol. The number of H-pyrrole nitrogens is 1. The van der Waals surface area contributed by atoms with E-state index in [1.165, 1.54) is 20.3 Å². The molecule has 0 spiro atoms. The third-order valence-corrected chi connectivity index (χ3v) is 5.79. The summed E-state index contributed by atoms with van der Waals surface area (Å²) in [6, 6.07) is 13.2. The Kier molecular flexibility index (Phi) is 6.16. The van der Waals surface area contributed by atoms with E-state index in [1.54, 1.807) is 11.0 Å². The number of amides is 1. The number of hydrogen-bond acceptors (Lipinski definition) is 6. The van der Waals surface area contributed by atoms with Gasteiger partial charge < -0.3 is 24.3 Å². The molecule has 2 aromatic carbocycles. The summed E-state index contributed by atoms with van der Waals surface area (Å²) in [5, 5.41) is 0.297. The second-order valence-corrected chi connectivity index (χ2v) is 7.59. The number of anilines is 1. The molecule has 1 fully saturated rings. The number of aromatic amines is 1. The first kappa shape index (κ1) is 21.5. The minimum absolute atomic E-state index is 0.0101. The first-order valence-electron chi connectivity index (χ1n) is 10.5. The topological polar surface area (TPSA) is 96.9 Å². The van der Waals surface area contributed by atoms with Crippen molar-refractivity contribution < 1.29 is 14.3 Å². The normalized spacial score (nSPS) is 13.9. The van der Waals surface area contributed by atoms with Crippen molar-refractivity contribution in [2.45, 2.75) is 13.0 Å². The number of nitrogens with zero attached hydrogens (tertiary/aromatic N) is 3. The molecule has 4 rings (SSSR count). The Morgan fingerprint density at radius 2 is 1.62 bits per heavy atom. The lowest BCUT2D eigenvalue weighted by atomic mass is 10.2. The molecule has 1 aliphatic rings. The number of rotatable bonds is 6. The molecule has 0 aliphatic carbocycles. The van der Waals surface area contributed by atoms with Crippen molar-refractivity contribution in [1.82, 2.24) is 14.5 Å². The fourth-order valence-electron chi connectivity index (χ4n) is 4.00. The van der Waals surface area contributed by atoms with E-state index in [9.17, 15) is 14.4 Å². The number of carbonyl (C=O) groups is 1. The van der Waals surface area contributed by atoms with Crippen molar-refractivity contribution in [3.05, 3.63) is 63.3 Å². The van der Waals surface area contributed by atoms with E-state index in [2.05, 4.69) is 22.0 Å². The molecule has 1 aliphatic heterocycles. The molecule has 1 N–H and O–H groups in total. The van der Waals surface area contributed by atoms with Crippen LogP contribution in [0.1, 0.15) is 6.42 Å². The summed E-state index contributed by atoms with van der Waals surface area (Å²) in [6.45, 7) is 2.71. The predicted octanol–water partition coefficient (Wildman–Crippen LogP) is 1.45. The van der Waals surface area contributed by atoms with Gasteiger partial charge in [-0.1, -0.05) is 18.2 Å². The Morgan fingerprint density at radius 3 is 2.28 bits per heavy atom. The maximum atomic E-state index is 12.9. The molecule has 32 heavy (non-hydrogen) atoms. The summed E-state index contributed by atoms with van der Waals surface area (Å²) in [5.74, 6) is 0.733. The van der Waals surface area contributed by atoms with Crippen LogP contribution in [0.2, 0.25) is 0 Å². The lowest BCUT2D eigenvalue weighted by Gasteiger charge is -2.36. The highest BCUT2D eigenvalue weighted by Crippen LogP contribution is 2.29. The number of benzene rings is 2. The molecule has 0 unspecified atom stereocenters. The van der Waals surface area contributed by atoms with E-state index in [-0.39, 0.29) is 18.9 Å². The quantitative estimate of drug-likeness (QED) is 0.626. The number of ether oxygens (including phenoxy) is 2. The second kappa shape index (κ2) is 9.17. The zero-order chi connectivity index (χ0) is 22.7. The Hall–Kier alpha value is -3.75. The van der Waals surface area contributed by atoms with E-state index in [0.717, 1.165) is 23.3 Å². The van der Waals surface area contributed by atoms with E-state index >= 15 is 0 Å². The number of fused-ring (bicyclic) bond motifs is 1. The SMILES string of the molecule is COc1cc2[nH]c(=O)n(CCC(=O)N3CCN(c4ccccc4)CC3)c(=O)c2cc1OC. The average Bonchev–Trinajstić information content (AvgIpc) is 2.83. The third kappa shape index (κ3) is 4.18. The monoisotopic (exact) mass is 438 g/mol. The molecule has 0 bridgehead atoms. The molecule has 168 valence electrons. The zero-order valence-corrected chi connectivity index (χ0v) is 18.2. The van der Waals surface area contributed by atoms with Gasteiger partial charge in [0, 0.05) is 50.9 Å². The summed E-state index contributed by atoms with van der Waals surface area (Å²) in [7, 11) is 2.96. The van der Waals surface area contributed by atoms with E-state index in [1.807, 2.05) is 18.2 Å². The Balaban J connectivity index is 1.45. The molecule has 0 atom stereocenters. The van der Waals surface area contributed by atoms with Gasteiger partial charge in [0.05, 0.1) is 25.1 Å². The molecule has 2 heterocycles. The fraction of sp³-hybridized carbons (Fsp3) is 0.348. The number of nitrogens with one attached hydrogen (secondary N) is 1. The second-order valence-electron chi connectivity index (χ2n) is 7.59. The molecule has 1 saturated heterocycles. The minimum Gasteiger partial charge on any atom is -0.493 e. The van der Waals surface area contributed by atoms with Gasteiger partial charge in [0.25, 0.3) is 5.56 Å². The van der Waals surface area contributed by atoms with Crippen LogP contribution in [0.4, 0.5) is 5.69 Å². The van der Waals surface area contributed by atoms with Gasteiger partial charge in [-0.3, -0.25) is 14.2 Å². The Morgan fingerprint density at radius 1 is 0.969 bits per heavy atom. The number of para-hydroxylation sites is 1. The molecule has 0 saturated carbocycles. The first-order valence-corrected chi connectivity index (χ1v) is 10.5. The van der Waals surface area contributed by atoms with Gasteiger partial charge >= 0.3 is 5.69 Å². The summed E-state index contributed by atoms with van der Waals surface area (Å²) in [5.41, 5.74) is 0.473. The van der Waals surface area contributed by atoms with Crippen LogP contribution in [-0.4, -0.2) is 60.8 Å². The van der Waals surface area contributed by atoms with Gasteiger partial charge in [0.1, 0.15) is 0 Å². The Labute approximate surface area is 184 Å². The summed E-state index contributed by atoms with van der Waals surface area (Å²) < 4.78 is 11.5. The van der Waals surface area contributed by atoms with Gasteiger partial charge in [0.2, 0.25) is 5.91 Å². The van der Waals surface area contributed by atoms with Gasteiger partial charge in [0.15, 0.2) is 11.5 Å². The van der Waals surface area contributed by atoms with Gasteiger partial charge in [-0.2, -0.15) is 0 Å². The lowest BCUT2D eigenvalue weighted by molar-refractivity contribution is -0.131. The van der Waals surface area contributed by atoms with Crippen LogP contribution in [-0.2, 0) is 11.3 Å². The highest BCUT2D eigenvalue weighted by Gasteiger charge is 2.22. The highest BCUT2D eigenvalue weighted by atomic mass is 16.5. The molecule has 1 amide bonds. The third-order valence-electron chi connectivity index (χ3n) is 5.79. The van der Waals surface area contributed by atoms with Crippen molar-refractivity contribution in [3.63, 3.8) is 0 Å². The Bertz CT molecular complexity index is 1230. The van der Waals surface area contributed by atoms with Gasteiger partial charge in [-0.05, 0) is 18.2 Å². The number of methoxy groups -OCH3 is 2. The molecule has 9 nitrogen and oxygen atoms in total. The van der Waals surface area contributed by atoms with Crippen LogP contribution in [0, 0.1) is 0 Å². The van der Waals surface area contributed by atoms with Crippen LogP contribution in [0.15, 0.2) is 52.1 Å². The standard InChI is InChI=1S/C23H26N4O5/c1-31-19-14-17-18(15-20(19)32-2)24-23(30)27(22(17)29)9-8-21(28)26-12-10-25(11-13-26)16-6-4-3-5-7-16/h3-7,14-15H,8-13H2,1-2H3,(H,24,30). The fourth-order valence-corrected chi connectivity index (χ4v) is 4.00. The lowest BCUT2D eigenvalue weighted by Crippen LogP contribution is -2.49. The molecule has 1 aromatic heterocycles. The van der Waals surface area contributed by atoms with Crippen molar-refractivity contribution in [3.8, 4) is 11.5 Å². The molecule has 3 aromatic rings. The van der Waals surface area contributed by atoms with Crippen LogP contribution < -0.4 is 25.6 Å². The number of aromatic nitrogens is 2. The van der Waals surface area contributed by atoms with E-state index in [0.29, 0.717) is 35.5 Å². The number of hydrogen-bond donors (Lipinski definition) is 1. The largest absolute Gasteiger partial charge is 0.493 e. The van der Waals surface area contributed by atoms with Gasteiger partial charge in [-0.25, -0.2) is 4.79 Å².